The van der Waals surface area contributed by atoms with Crippen LogP contribution in [0.2, 0.25) is 0 Å². The molecule has 5 nitrogen and oxygen atoms in total. The van der Waals surface area contributed by atoms with Gasteiger partial charge in [0.25, 0.3) is 5.91 Å². The zero-order valence-electron chi connectivity index (χ0n) is 17.1. The molecule has 0 aliphatic heterocycles. The van der Waals surface area contributed by atoms with Crippen LogP contribution < -0.4 is 10.1 Å². The molecule has 150 valence electrons. The highest BCUT2D eigenvalue weighted by Gasteiger charge is 2.16. The number of aromatic nitrogens is 1. The number of hydrogen-bond donors (Lipinski definition) is 1. The third kappa shape index (κ3) is 5.42. The van der Waals surface area contributed by atoms with E-state index in [0.29, 0.717) is 31.1 Å². The largest absolute Gasteiger partial charge is 0.491 e. The van der Waals surface area contributed by atoms with Crippen molar-refractivity contribution in [2.24, 2.45) is 0 Å². The number of rotatable bonds is 8. The molecule has 0 fully saturated rings. The van der Waals surface area contributed by atoms with Crippen molar-refractivity contribution in [3.05, 3.63) is 83.2 Å². The molecular formula is C24H26N2O3. The van der Waals surface area contributed by atoms with Gasteiger partial charge in [0.2, 0.25) is 0 Å². The van der Waals surface area contributed by atoms with Gasteiger partial charge in [-0.3, -0.25) is 9.78 Å². The fraction of sp³-hybridized carbons (Fsp3) is 0.250. The quantitative estimate of drug-likeness (QED) is 0.582. The number of hydrogen-bond acceptors (Lipinski definition) is 4. The first-order valence-electron chi connectivity index (χ1n) is 9.60. The minimum atomic E-state index is -0.141. The fourth-order valence-electron chi connectivity index (χ4n) is 2.99. The Bertz CT molecular complexity index is 954. The molecule has 0 radical (unpaired) electrons. The number of carbonyl (C=O) groups excluding carboxylic acids is 1. The second-order valence-electron chi connectivity index (χ2n) is 6.84. The molecular weight excluding hydrogens is 364 g/mol. The van der Waals surface area contributed by atoms with Crippen molar-refractivity contribution in [3.63, 3.8) is 0 Å². The van der Waals surface area contributed by atoms with Crippen molar-refractivity contribution >= 4 is 5.91 Å². The molecule has 0 spiro atoms. The summed E-state index contributed by atoms with van der Waals surface area (Å²) < 4.78 is 11.0. The summed E-state index contributed by atoms with van der Waals surface area (Å²) in [6.07, 6.45) is 1.78. The molecule has 0 unspecified atom stereocenters. The van der Waals surface area contributed by atoms with Gasteiger partial charge in [-0.1, -0.05) is 36.4 Å². The number of aryl methyl sites for hydroxylation is 1. The average Bonchev–Trinajstić information content (AvgIpc) is 2.75. The lowest BCUT2D eigenvalue weighted by Gasteiger charge is -2.16. The maximum atomic E-state index is 13.0. The summed E-state index contributed by atoms with van der Waals surface area (Å²) in [5.74, 6) is 0.544. The first-order chi connectivity index (χ1) is 14.1. The predicted octanol–water partition coefficient (Wildman–Crippen LogP) is 4.32. The van der Waals surface area contributed by atoms with Crippen LogP contribution in [0.1, 0.15) is 27.2 Å². The van der Waals surface area contributed by atoms with E-state index in [1.54, 1.807) is 13.3 Å². The van der Waals surface area contributed by atoms with Crippen LogP contribution in [0.15, 0.2) is 60.8 Å². The van der Waals surface area contributed by atoms with E-state index in [9.17, 15) is 4.79 Å². The van der Waals surface area contributed by atoms with Crippen molar-refractivity contribution in [2.75, 3.05) is 20.3 Å². The number of nitrogens with zero attached hydrogens (tertiary/aromatic N) is 1. The second-order valence-corrected chi connectivity index (χ2v) is 6.84. The minimum absolute atomic E-state index is 0.141. The Morgan fingerprint density at radius 3 is 2.48 bits per heavy atom. The van der Waals surface area contributed by atoms with Crippen LogP contribution in [0.4, 0.5) is 0 Å². The lowest BCUT2D eigenvalue weighted by atomic mass is 9.98. The number of amides is 1. The van der Waals surface area contributed by atoms with Crippen LogP contribution in [0.25, 0.3) is 11.1 Å². The second kappa shape index (κ2) is 9.85. The first-order valence-corrected chi connectivity index (χ1v) is 9.60. The molecule has 0 atom stereocenters. The summed E-state index contributed by atoms with van der Waals surface area (Å²) >= 11 is 0. The van der Waals surface area contributed by atoms with Gasteiger partial charge >= 0.3 is 0 Å². The van der Waals surface area contributed by atoms with Gasteiger partial charge < -0.3 is 14.8 Å². The zero-order chi connectivity index (χ0) is 20.6. The number of ether oxygens (including phenoxy) is 2. The smallest absolute Gasteiger partial charge is 0.251 e. The molecule has 1 N–H and O–H groups in total. The van der Waals surface area contributed by atoms with Gasteiger partial charge in [0, 0.05) is 36.7 Å². The van der Waals surface area contributed by atoms with E-state index in [0.717, 1.165) is 27.9 Å². The van der Waals surface area contributed by atoms with E-state index in [4.69, 9.17) is 9.47 Å². The molecule has 0 bridgehead atoms. The third-order valence-corrected chi connectivity index (χ3v) is 4.68. The van der Waals surface area contributed by atoms with Crippen molar-refractivity contribution in [3.8, 4) is 16.9 Å². The molecule has 2 aromatic carbocycles. The monoisotopic (exact) mass is 390 g/mol. The van der Waals surface area contributed by atoms with Gasteiger partial charge in [-0.05, 0) is 48.7 Å². The number of pyridine rings is 1. The molecule has 5 heteroatoms. The molecule has 0 aliphatic rings. The van der Waals surface area contributed by atoms with Gasteiger partial charge in [0.1, 0.15) is 12.4 Å². The van der Waals surface area contributed by atoms with E-state index < -0.39 is 0 Å². The summed E-state index contributed by atoms with van der Waals surface area (Å²) in [6.45, 7) is 5.16. The average molecular weight is 390 g/mol. The summed E-state index contributed by atoms with van der Waals surface area (Å²) in [4.78, 5) is 17.2. The van der Waals surface area contributed by atoms with Gasteiger partial charge in [0.15, 0.2) is 0 Å². The first kappa shape index (κ1) is 20.6. The number of benzene rings is 2. The predicted molar refractivity (Wildman–Crippen MR) is 114 cm³/mol. The van der Waals surface area contributed by atoms with E-state index in [1.807, 2.05) is 68.4 Å². The van der Waals surface area contributed by atoms with Crippen LogP contribution in [0, 0.1) is 13.8 Å². The summed E-state index contributed by atoms with van der Waals surface area (Å²) in [7, 11) is 1.63. The third-order valence-electron chi connectivity index (χ3n) is 4.68. The van der Waals surface area contributed by atoms with E-state index in [2.05, 4.69) is 10.3 Å². The van der Waals surface area contributed by atoms with E-state index in [-0.39, 0.29) is 5.91 Å². The fourth-order valence-corrected chi connectivity index (χ4v) is 2.99. The lowest BCUT2D eigenvalue weighted by Crippen LogP contribution is -2.24. The number of methoxy groups -OCH3 is 1. The van der Waals surface area contributed by atoms with Crippen LogP contribution >= 0.6 is 0 Å². The molecule has 1 heterocycles. The summed E-state index contributed by atoms with van der Waals surface area (Å²) in [5.41, 5.74) is 5.27. The van der Waals surface area contributed by atoms with E-state index in [1.165, 1.54) is 0 Å². The van der Waals surface area contributed by atoms with E-state index >= 15 is 0 Å². The Kier molecular flexibility index (Phi) is 6.98. The van der Waals surface area contributed by atoms with Crippen molar-refractivity contribution in [1.29, 1.82) is 0 Å². The van der Waals surface area contributed by atoms with Crippen LogP contribution in [0.3, 0.4) is 0 Å². The van der Waals surface area contributed by atoms with Crippen molar-refractivity contribution in [2.45, 2.75) is 20.4 Å². The Hall–Kier alpha value is -3.18. The highest BCUT2D eigenvalue weighted by molar-refractivity contribution is 5.97. The highest BCUT2D eigenvalue weighted by atomic mass is 16.5. The SMILES string of the molecule is COCCOc1cc(-c2ccccc2)cc(C(=O)NCc2ccc(C)nc2)c1C. The lowest BCUT2D eigenvalue weighted by molar-refractivity contribution is 0.0949. The topological polar surface area (TPSA) is 60.5 Å². The Labute approximate surface area is 171 Å². The molecule has 3 aromatic rings. The standard InChI is InChI=1S/C24H26N2O3/c1-17-9-10-19(15-25-17)16-26-24(27)22-13-21(20-7-5-4-6-8-20)14-23(18(22)2)29-12-11-28-3/h4-10,13-15H,11-12,16H2,1-3H3,(H,26,27). The van der Waals surface area contributed by atoms with Gasteiger partial charge in [0.05, 0.1) is 6.61 Å². The van der Waals surface area contributed by atoms with Crippen molar-refractivity contribution < 1.29 is 14.3 Å². The number of nitrogens with one attached hydrogen (secondary N) is 1. The maximum Gasteiger partial charge on any atom is 0.251 e. The molecule has 1 amide bonds. The summed E-state index contributed by atoms with van der Waals surface area (Å²) in [6, 6.07) is 17.7. The molecule has 0 saturated heterocycles. The van der Waals surface area contributed by atoms with Gasteiger partial charge in [-0.2, -0.15) is 0 Å². The van der Waals surface area contributed by atoms with Gasteiger partial charge in [-0.15, -0.1) is 0 Å². The highest BCUT2D eigenvalue weighted by Crippen LogP contribution is 2.30. The molecule has 1 aromatic heterocycles. The minimum Gasteiger partial charge on any atom is -0.491 e. The van der Waals surface area contributed by atoms with Gasteiger partial charge in [-0.25, -0.2) is 0 Å². The molecule has 0 saturated carbocycles. The molecule has 29 heavy (non-hydrogen) atoms. The Morgan fingerprint density at radius 1 is 1.00 bits per heavy atom. The normalized spacial score (nSPS) is 10.6. The van der Waals surface area contributed by atoms with Crippen molar-refractivity contribution in [1.82, 2.24) is 10.3 Å². The van der Waals surface area contributed by atoms with Crippen LogP contribution in [-0.2, 0) is 11.3 Å². The Balaban J connectivity index is 1.87. The molecule has 3 rings (SSSR count). The summed E-state index contributed by atoms with van der Waals surface area (Å²) in [5, 5.41) is 2.99. The maximum absolute atomic E-state index is 13.0. The molecule has 0 aliphatic carbocycles. The zero-order valence-corrected chi connectivity index (χ0v) is 17.1. The number of carbonyl (C=O) groups is 1. The van der Waals surface area contributed by atoms with Crippen LogP contribution in [0.5, 0.6) is 5.75 Å². The van der Waals surface area contributed by atoms with Crippen LogP contribution in [-0.4, -0.2) is 31.2 Å². The Morgan fingerprint density at radius 2 is 1.79 bits per heavy atom.